The van der Waals surface area contributed by atoms with E-state index < -0.39 is 0 Å². The predicted molar refractivity (Wildman–Crippen MR) is 66.2 cm³/mol. The molecule has 15 heavy (non-hydrogen) atoms. The van der Waals surface area contributed by atoms with Crippen LogP contribution in [0, 0.1) is 6.92 Å². The van der Waals surface area contributed by atoms with Crippen LogP contribution < -0.4 is 10.5 Å². The summed E-state index contributed by atoms with van der Waals surface area (Å²) in [6, 6.07) is 3.94. The van der Waals surface area contributed by atoms with Crippen molar-refractivity contribution in [3.05, 3.63) is 22.2 Å². The van der Waals surface area contributed by atoms with E-state index in [0.717, 1.165) is 34.3 Å². The molecule has 1 saturated carbocycles. The monoisotopic (exact) mass is 269 g/mol. The summed E-state index contributed by atoms with van der Waals surface area (Å²) < 4.78 is 6.96. The molecule has 3 heteroatoms. The number of hydrogen-bond donors (Lipinski definition) is 1. The van der Waals surface area contributed by atoms with E-state index in [9.17, 15) is 0 Å². The van der Waals surface area contributed by atoms with Gasteiger partial charge in [0.1, 0.15) is 5.75 Å². The molecule has 0 unspecified atom stereocenters. The third kappa shape index (κ3) is 2.46. The maximum atomic E-state index is 5.95. The van der Waals surface area contributed by atoms with E-state index in [0.29, 0.717) is 6.10 Å². The van der Waals surface area contributed by atoms with Crippen molar-refractivity contribution in [2.45, 2.75) is 38.7 Å². The quantitative estimate of drug-likeness (QED) is 0.832. The van der Waals surface area contributed by atoms with Crippen molar-refractivity contribution in [3.8, 4) is 5.75 Å². The van der Waals surface area contributed by atoms with Gasteiger partial charge in [-0.2, -0.15) is 0 Å². The van der Waals surface area contributed by atoms with Crippen LogP contribution in [0.1, 0.15) is 31.2 Å². The number of ether oxygens (including phenoxy) is 1. The van der Waals surface area contributed by atoms with Crippen LogP contribution in [0.5, 0.6) is 5.75 Å². The van der Waals surface area contributed by atoms with Crippen molar-refractivity contribution in [2.24, 2.45) is 0 Å². The molecule has 1 fully saturated rings. The Bertz CT molecular complexity index is 336. The van der Waals surface area contributed by atoms with Crippen molar-refractivity contribution < 1.29 is 4.74 Å². The minimum absolute atomic E-state index is 0.368. The lowest BCUT2D eigenvalue weighted by Crippen LogP contribution is -2.13. The van der Waals surface area contributed by atoms with E-state index in [1.165, 1.54) is 12.8 Å². The first-order valence-electron chi connectivity index (χ1n) is 5.39. The van der Waals surface area contributed by atoms with E-state index in [1.54, 1.807) is 0 Å². The van der Waals surface area contributed by atoms with Crippen LogP contribution in [-0.2, 0) is 0 Å². The summed E-state index contributed by atoms with van der Waals surface area (Å²) in [5.74, 6) is 0.866. The molecule has 1 aromatic rings. The summed E-state index contributed by atoms with van der Waals surface area (Å²) in [4.78, 5) is 0. The van der Waals surface area contributed by atoms with E-state index in [1.807, 2.05) is 19.1 Å². The van der Waals surface area contributed by atoms with Crippen LogP contribution in [0.4, 0.5) is 5.69 Å². The summed E-state index contributed by atoms with van der Waals surface area (Å²) >= 11 is 3.42. The predicted octanol–water partition coefficient (Wildman–Crippen LogP) is 3.66. The fraction of sp³-hybridized carbons (Fsp3) is 0.500. The molecule has 0 saturated heterocycles. The molecular formula is C12H16BrNO. The SMILES string of the molecule is Cc1cc(Br)cc(N)c1OC1CCCC1. The number of nitrogens with two attached hydrogens (primary N) is 1. The number of aryl methyl sites for hydroxylation is 1. The van der Waals surface area contributed by atoms with E-state index >= 15 is 0 Å². The molecule has 0 radical (unpaired) electrons. The lowest BCUT2D eigenvalue weighted by Gasteiger charge is -2.17. The zero-order chi connectivity index (χ0) is 10.8. The van der Waals surface area contributed by atoms with Gasteiger partial charge in [-0.15, -0.1) is 0 Å². The lowest BCUT2D eigenvalue weighted by atomic mass is 10.2. The molecule has 2 rings (SSSR count). The molecule has 0 atom stereocenters. The lowest BCUT2D eigenvalue weighted by molar-refractivity contribution is 0.210. The van der Waals surface area contributed by atoms with Crippen LogP contribution in [0.25, 0.3) is 0 Å². The number of benzene rings is 1. The minimum atomic E-state index is 0.368. The first kappa shape index (κ1) is 10.8. The van der Waals surface area contributed by atoms with E-state index in [4.69, 9.17) is 10.5 Å². The number of hydrogen-bond acceptors (Lipinski definition) is 2. The average molecular weight is 270 g/mol. The molecule has 1 aromatic carbocycles. The van der Waals surface area contributed by atoms with Crippen LogP contribution >= 0.6 is 15.9 Å². The van der Waals surface area contributed by atoms with Crippen molar-refractivity contribution in [1.29, 1.82) is 0 Å². The van der Waals surface area contributed by atoms with Crippen molar-refractivity contribution >= 4 is 21.6 Å². The maximum Gasteiger partial charge on any atom is 0.145 e. The van der Waals surface area contributed by atoms with Crippen LogP contribution in [0.2, 0.25) is 0 Å². The number of nitrogen functional groups attached to an aromatic ring is 1. The first-order valence-corrected chi connectivity index (χ1v) is 6.18. The van der Waals surface area contributed by atoms with Gasteiger partial charge in [0.2, 0.25) is 0 Å². The fourth-order valence-corrected chi connectivity index (χ4v) is 2.68. The maximum absolute atomic E-state index is 5.95. The van der Waals surface area contributed by atoms with Gasteiger partial charge >= 0.3 is 0 Å². The van der Waals surface area contributed by atoms with Crippen LogP contribution in [0.15, 0.2) is 16.6 Å². The summed E-state index contributed by atoms with van der Waals surface area (Å²) in [7, 11) is 0. The highest BCUT2D eigenvalue weighted by Crippen LogP contribution is 2.33. The molecule has 0 aliphatic heterocycles. The molecule has 0 bridgehead atoms. The van der Waals surface area contributed by atoms with Crippen molar-refractivity contribution in [3.63, 3.8) is 0 Å². The molecule has 0 heterocycles. The van der Waals surface area contributed by atoms with Gasteiger partial charge in [0, 0.05) is 4.47 Å². The van der Waals surface area contributed by atoms with E-state index in [2.05, 4.69) is 15.9 Å². The minimum Gasteiger partial charge on any atom is -0.488 e. The average Bonchev–Trinajstić information content (AvgIpc) is 2.63. The van der Waals surface area contributed by atoms with Gasteiger partial charge in [0.25, 0.3) is 0 Å². The normalized spacial score (nSPS) is 16.9. The Labute approximate surface area is 98.9 Å². The molecule has 0 aromatic heterocycles. The number of anilines is 1. The summed E-state index contributed by atoms with van der Waals surface area (Å²) in [5, 5.41) is 0. The van der Waals surface area contributed by atoms with Gasteiger partial charge in [-0.25, -0.2) is 0 Å². The largest absolute Gasteiger partial charge is 0.488 e. The van der Waals surface area contributed by atoms with Gasteiger partial charge < -0.3 is 10.5 Å². The highest BCUT2D eigenvalue weighted by Gasteiger charge is 2.18. The molecular weight excluding hydrogens is 254 g/mol. The smallest absolute Gasteiger partial charge is 0.145 e. The second-order valence-corrected chi connectivity index (χ2v) is 5.08. The fourth-order valence-electron chi connectivity index (χ4n) is 2.09. The Kier molecular flexibility index (Phi) is 3.19. The third-order valence-corrected chi connectivity index (χ3v) is 3.31. The Hall–Kier alpha value is -0.700. The van der Waals surface area contributed by atoms with Crippen molar-refractivity contribution in [1.82, 2.24) is 0 Å². The Balaban J connectivity index is 2.19. The zero-order valence-corrected chi connectivity index (χ0v) is 10.5. The topological polar surface area (TPSA) is 35.2 Å². The highest BCUT2D eigenvalue weighted by molar-refractivity contribution is 9.10. The summed E-state index contributed by atoms with van der Waals surface area (Å²) in [6.07, 6.45) is 5.25. The van der Waals surface area contributed by atoms with Gasteiger partial charge in [-0.1, -0.05) is 15.9 Å². The highest BCUT2D eigenvalue weighted by atomic mass is 79.9. The van der Waals surface area contributed by atoms with Crippen LogP contribution in [-0.4, -0.2) is 6.10 Å². The standard InChI is InChI=1S/C12H16BrNO/c1-8-6-9(13)7-11(14)12(8)15-10-4-2-3-5-10/h6-7,10H,2-5,14H2,1H3. The Morgan fingerprint density at radius 2 is 2.00 bits per heavy atom. The van der Waals surface area contributed by atoms with Gasteiger partial charge in [-0.05, 0) is 50.3 Å². The second kappa shape index (κ2) is 4.44. The van der Waals surface area contributed by atoms with Gasteiger partial charge in [0.05, 0.1) is 11.8 Å². The molecule has 82 valence electrons. The number of rotatable bonds is 2. The van der Waals surface area contributed by atoms with E-state index in [-0.39, 0.29) is 0 Å². The molecule has 2 N–H and O–H groups in total. The molecule has 2 nitrogen and oxygen atoms in total. The van der Waals surface area contributed by atoms with Crippen molar-refractivity contribution in [2.75, 3.05) is 5.73 Å². The summed E-state index contributed by atoms with van der Waals surface area (Å²) in [6.45, 7) is 2.03. The first-order chi connectivity index (χ1) is 7.16. The van der Waals surface area contributed by atoms with Crippen LogP contribution in [0.3, 0.4) is 0 Å². The van der Waals surface area contributed by atoms with Gasteiger partial charge in [0.15, 0.2) is 0 Å². The molecule has 0 spiro atoms. The zero-order valence-electron chi connectivity index (χ0n) is 8.92. The number of halogens is 1. The van der Waals surface area contributed by atoms with Gasteiger partial charge in [-0.3, -0.25) is 0 Å². The molecule has 0 amide bonds. The molecule has 1 aliphatic rings. The Morgan fingerprint density at radius 1 is 1.33 bits per heavy atom. The summed E-state index contributed by atoms with van der Waals surface area (Å²) in [5.41, 5.74) is 7.78. The Morgan fingerprint density at radius 3 is 2.60 bits per heavy atom. The second-order valence-electron chi connectivity index (χ2n) is 4.17. The third-order valence-electron chi connectivity index (χ3n) is 2.85. The molecule has 1 aliphatic carbocycles.